The molecule has 2 rings (SSSR count). The number of hydrogen-bond donors (Lipinski definition) is 1. The van der Waals surface area contributed by atoms with Crippen molar-refractivity contribution in [2.24, 2.45) is 10.2 Å². The first-order chi connectivity index (χ1) is 16.4. The topological polar surface area (TPSA) is 108 Å². The van der Waals surface area contributed by atoms with Crippen LogP contribution >= 0.6 is 11.6 Å². The van der Waals surface area contributed by atoms with E-state index in [1.54, 1.807) is 37.3 Å². The fourth-order valence-corrected chi connectivity index (χ4v) is 3.14. The maximum absolute atomic E-state index is 13.0. The number of carbonyl (C=O) groups excluding carboxylic acids is 2. The van der Waals surface area contributed by atoms with Gasteiger partial charge in [0.25, 0.3) is 5.91 Å². The Morgan fingerprint density at radius 3 is 2.18 bits per heavy atom. The average molecular weight is 492 g/mol. The molecule has 0 radical (unpaired) electrons. The Labute approximate surface area is 204 Å². The molecule has 2 aromatic carbocycles. The van der Waals surface area contributed by atoms with Gasteiger partial charge in [0.2, 0.25) is 6.04 Å². The number of amides is 1. The highest BCUT2D eigenvalue weighted by Crippen LogP contribution is 2.41. The number of halogens is 1. The standard InChI is InChI=1S/C24H30ClN3O6/c1-6-31-16-10-12-18(20(14-16)33-8-3)27-28-21(15(5)29)24(30)26-22-17(25)11-13-19(32-7-2)23(22)34-9-4/h10-14,21H,6-9H2,1-5H3,(H,26,30). The van der Waals surface area contributed by atoms with Crippen molar-refractivity contribution >= 4 is 34.7 Å². The highest BCUT2D eigenvalue weighted by molar-refractivity contribution is 6.34. The fourth-order valence-electron chi connectivity index (χ4n) is 2.95. The number of carbonyl (C=O) groups is 2. The smallest absolute Gasteiger partial charge is 0.258 e. The summed E-state index contributed by atoms with van der Waals surface area (Å²) >= 11 is 6.32. The number of azo groups is 1. The minimum absolute atomic E-state index is 0.192. The Bertz CT molecular complexity index is 1030. The Morgan fingerprint density at radius 2 is 1.56 bits per heavy atom. The van der Waals surface area contributed by atoms with Crippen molar-refractivity contribution in [1.29, 1.82) is 0 Å². The molecule has 2 aromatic rings. The quantitative estimate of drug-likeness (QED) is 0.288. The third kappa shape index (κ3) is 7.08. The van der Waals surface area contributed by atoms with E-state index in [1.807, 2.05) is 20.8 Å². The average Bonchev–Trinajstić information content (AvgIpc) is 2.79. The van der Waals surface area contributed by atoms with E-state index in [9.17, 15) is 9.59 Å². The van der Waals surface area contributed by atoms with Gasteiger partial charge in [-0.1, -0.05) is 11.6 Å². The van der Waals surface area contributed by atoms with Crippen LogP contribution in [0.25, 0.3) is 0 Å². The molecule has 9 nitrogen and oxygen atoms in total. The molecule has 1 N–H and O–H groups in total. The monoisotopic (exact) mass is 491 g/mol. The van der Waals surface area contributed by atoms with Crippen molar-refractivity contribution in [3.8, 4) is 23.0 Å². The number of anilines is 1. The van der Waals surface area contributed by atoms with Crippen LogP contribution in [0.15, 0.2) is 40.6 Å². The summed E-state index contributed by atoms with van der Waals surface area (Å²) in [4.78, 5) is 25.3. The largest absolute Gasteiger partial charge is 0.494 e. The van der Waals surface area contributed by atoms with Crippen molar-refractivity contribution in [1.82, 2.24) is 0 Å². The Morgan fingerprint density at radius 1 is 0.912 bits per heavy atom. The SMILES string of the molecule is CCOc1ccc(N=NC(C(C)=O)C(=O)Nc2c(Cl)ccc(OCC)c2OCC)c(OCC)c1. The molecule has 34 heavy (non-hydrogen) atoms. The lowest BCUT2D eigenvalue weighted by Gasteiger charge is -2.18. The van der Waals surface area contributed by atoms with Crippen molar-refractivity contribution in [3.05, 3.63) is 35.4 Å². The maximum atomic E-state index is 13.0. The molecule has 184 valence electrons. The molecule has 0 saturated heterocycles. The molecule has 0 fully saturated rings. The number of benzene rings is 2. The number of rotatable bonds is 13. The highest BCUT2D eigenvalue weighted by Gasteiger charge is 2.26. The zero-order valence-corrected chi connectivity index (χ0v) is 20.8. The van der Waals surface area contributed by atoms with Crippen LogP contribution in [-0.2, 0) is 9.59 Å². The number of hydrogen-bond acceptors (Lipinski definition) is 8. The van der Waals surface area contributed by atoms with Crippen molar-refractivity contribution < 1.29 is 28.5 Å². The summed E-state index contributed by atoms with van der Waals surface area (Å²) in [6, 6.07) is 6.83. The zero-order valence-electron chi connectivity index (χ0n) is 20.0. The third-order valence-electron chi connectivity index (χ3n) is 4.36. The second-order valence-electron chi connectivity index (χ2n) is 6.83. The first-order valence-corrected chi connectivity index (χ1v) is 11.4. The fraction of sp³-hybridized carbons (Fsp3) is 0.417. The number of ether oxygens (including phenoxy) is 4. The summed E-state index contributed by atoms with van der Waals surface area (Å²) in [6.45, 7) is 10.2. The number of Topliss-reactive ketones (excluding diaryl/α,β-unsaturated/α-hetero) is 1. The summed E-state index contributed by atoms with van der Waals surface area (Å²) in [6.07, 6.45) is 0. The molecule has 0 aromatic heterocycles. The van der Waals surface area contributed by atoms with E-state index >= 15 is 0 Å². The van der Waals surface area contributed by atoms with Crippen LogP contribution < -0.4 is 24.3 Å². The predicted octanol–water partition coefficient (Wildman–Crippen LogP) is 5.61. The third-order valence-corrected chi connectivity index (χ3v) is 4.68. The first-order valence-electron chi connectivity index (χ1n) is 11.1. The molecule has 1 atom stereocenters. The molecule has 0 saturated carbocycles. The minimum atomic E-state index is -1.41. The lowest BCUT2D eigenvalue weighted by molar-refractivity contribution is -0.126. The van der Waals surface area contributed by atoms with E-state index in [0.29, 0.717) is 49.4 Å². The van der Waals surface area contributed by atoms with Gasteiger partial charge in [-0.15, -0.1) is 0 Å². The second-order valence-corrected chi connectivity index (χ2v) is 7.24. The van der Waals surface area contributed by atoms with Gasteiger partial charge in [-0.25, -0.2) is 0 Å². The first kappa shape index (κ1) is 26.9. The van der Waals surface area contributed by atoms with E-state index in [4.69, 9.17) is 30.5 Å². The lowest BCUT2D eigenvalue weighted by atomic mass is 10.2. The molecule has 1 amide bonds. The molecule has 0 heterocycles. The van der Waals surface area contributed by atoms with Gasteiger partial charge < -0.3 is 24.3 Å². The van der Waals surface area contributed by atoms with Crippen LogP contribution in [0.3, 0.4) is 0 Å². The molecular weight excluding hydrogens is 462 g/mol. The van der Waals surface area contributed by atoms with Crippen LogP contribution in [0, 0.1) is 0 Å². The summed E-state index contributed by atoms with van der Waals surface area (Å²) < 4.78 is 22.3. The Balaban J connectivity index is 2.35. The van der Waals surface area contributed by atoms with Crippen LogP contribution in [0.2, 0.25) is 5.02 Å². The highest BCUT2D eigenvalue weighted by atomic mass is 35.5. The number of ketones is 1. The van der Waals surface area contributed by atoms with Gasteiger partial charge in [-0.05, 0) is 58.9 Å². The Kier molecular flexibility index (Phi) is 10.6. The molecule has 10 heteroatoms. The van der Waals surface area contributed by atoms with Gasteiger partial charge in [-0.3, -0.25) is 9.59 Å². The van der Waals surface area contributed by atoms with E-state index < -0.39 is 17.7 Å². The van der Waals surface area contributed by atoms with Crippen LogP contribution in [0.5, 0.6) is 23.0 Å². The van der Waals surface area contributed by atoms with Gasteiger partial charge in [-0.2, -0.15) is 10.2 Å². The Hall–Kier alpha value is -3.33. The van der Waals surface area contributed by atoms with Gasteiger partial charge in [0, 0.05) is 6.07 Å². The molecule has 0 spiro atoms. The van der Waals surface area contributed by atoms with Crippen LogP contribution in [-0.4, -0.2) is 44.2 Å². The van der Waals surface area contributed by atoms with Crippen molar-refractivity contribution in [3.63, 3.8) is 0 Å². The van der Waals surface area contributed by atoms with Gasteiger partial charge in [0.05, 0.1) is 31.5 Å². The molecule has 0 bridgehead atoms. The zero-order chi connectivity index (χ0) is 25.1. The summed E-state index contributed by atoms with van der Waals surface area (Å²) in [5.41, 5.74) is 0.549. The van der Waals surface area contributed by atoms with E-state index in [-0.39, 0.29) is 16.5 Å². The van der Waals surface area contributed by atoms with Crippen LogP contribution in [0.1, 0.15) is 34.6 Å². The van der Waals surface area contributed by atoms with E-state index in [0.717, 1.165) is 0 Å². The van der Waals surface area contributed by atoms with Crippen LogP contribution in [0.4, 0.5) is 11.4 Å². The number of nitrogens with one attached hydrogen (secondary N) is 1. The van der Waals surface area contributed by atoms with Gasteiger partial charge in [0.1, 0.15) is 22.9 Å². The molecular formula is C24H30ClN3O6. The van der Waals surface area contributed by atoms with Crippen molar-refractivity contribution in [2.45, 2.75) is 40.7 Å². The van der Waals surface area contributed by atoms with Crippen molar-refractivity contribution in [2.75, 3.05) is 31.7 Å². The predicted molar refractivity (Wildman–Crippen MR) is 130 cm³/mol. The second kappa shape index (κ2) is 13.4. The number of nitrogens with zero attached hydrogens (tertiary/aromatic N) is 2. The molecule has 0 aliphatic carbocycles. The van der Waals surface area contributed by atoms with E-state index in [2.05, 4.69) is 15.5 Å². The minimum Gasteiger partial charge on any atom is -0.494 e. The molecule has 0 aliphatic heterocycles. The van der Waals surface area contributed by atoms with Gasteiger partial charge >= 0.3 is 0 Å². The normalized spacial score (nSPS) is 11.7. The maximum Gasteiger partial charge on any atom is 0.258 e. The summed E-state index contributed by atoms with van der Waals surface area (Å²) in [5.74, 6) is 0.510. The molecule has 1 unspecified atom stereocenters. The van der Waals surface area contributed by atoms with E-state index in [1.165, 1.54) is 6.92 Å². The van der Waals surface area contributed by atoms with Gasteiger partial charge in [0.15, 0.2) is 17.3 Å². The summed E-state index contributed by atoms with van der Waals surface area (Å²) in [7, 11) is 0. The molecule has 0 aliphatic rings. The lowest BCUT2D eigenvalue weighted by Crippen LogP contribution is -2.32. The summed E-state index contributed by atoms with van der Waals surface area (Å²) in [5, 5.41) is 11.0.